The Bertz CT molecular complexity index is 514. The highest BCUT2D eigenvalue weighted by Gasteiger charge is 2.27. The fraction of sp³-hybridized carbons (Fsp3) is 0.588. The van der Waals surface area contributed by atoms with Gasteiger partial charge in [-0.3, -0.25) is 9.69 Å². The molecule has 1 aromatic carbocycles. The Kier molecular flexibility index (Phi) is 5.08. The lowest BCUT2D eigenvalue weighted by molar-refractivity contribution is -0.123. The Morgan fingerprint density at radius 1 is 1.32 bits per heavy atom. The number of hydrogen-bond acceptors (Lipinski definition) is 4. The molecule has 0 radical (unpaired) electrons. The monoisotopic (exact) mass is 303 g/mol. The van der Waals surface area contributed by atoms with Gasteiger partial charge < -0.3 is 15.7 Å². The van der Waals surface area contributed by atoms with E-state index in [1.807, 2.05) is 6.07 Å². The number of nitrogens with zero attached hydrogens (tertiary/aromatic N) is 1. The topological polar surface area (TPSA) is 64.6 Å². The van der Waals surface area contributed by atoms with Crippen molar-refractivity contribution in [3.05, 3.63) is 35.4 Å². The predicted molar refractivity (Wildman–Crippen MR) is 85.2 cm³/mol. The second-order valence-electron chi connectivity index (χ2n) is 6.37. The number of nitrogens with one attached hydrogen (secondary N) is 2. The molecule has 5 heteroatoms. The van der Waals surface area contributed by atoms with E-state index in [4.69, 9.17) is 0 Å². The molecule has 2 saturated heterocycles. The number of carbonyl (C=O) groups is 1. The minimum absolute atomic E-state index is 0.0264. The molecule has 2 atom stereocenters. The average Bonchev–Trinajstić information content (AvgIpc) is 3.17. The molecule has 3 N–H and O–H groups in total. The third-order valence-corrected chi connectivity index (χ3v) is 4.49. The van der Waals surface area contributed by atoms with Crippen LogP contribution >= 0.6 is 0 Å². The van der Waals surface area contributed by atoms with Crippen LogP contribution in [0.5, 0.6) is 0 Å². The Morgan fingerprint density at radius 2 is 2.09 bits per heavy atom. The highest BCUT2D eigenvalue weighted by Crippen LogP contribution is 2.14. The second-order valence-corrected chi connectivity index (χ2v) is 6.37. The van der Waals surface area contributed by atoms with E-state index >= 15 is 0 Å². The lowest BCUT2D eigenvalue weighted by Gasteiger charge is -2.15. The zero-order valence-corrected chi connectivity index (χ0v) is 12.9. The first kappa shape index (κ1) is 15.5. The van der Waals surface area contributed by atoms with Gasteiger partial charge in [-0.15, -0.1) is 0 Å². The maximum Gasteiger partial charge on any atom is 0.237 e. The highest BCUT2D eigenvalue weighted by atomic mass is 16.3. The number of β-amino-alcohol motifs (C(OH)–C–C–N with tert-alkyl or cyclic N) is 1. The van der Waals surface area contributed by atoms with Crippen molar-refractivity contribution in [2.75, 3.05) is 19.6 Å². The van der Waals surface area contributed by atoms with Crippen molar-refractivity contribution in [3.8, 4) is 0 Å². The molecule has 2 fully saturated rings. The van der Waals surface area contributed by atoms with Crippen LogP contribution in [0.1, 0.15) is 30.4 Å². The van der Waals surface area contributed by atoms with E-state index in [9.17, 15) is 9.90 Å². The predicted octanol–water partition coefficient (Wildman–Crippen LogP) is 0.621. The molecule has 5 nitrogen and oxygen atoms in total. The van der Waals surface area contributed by atoms with E-state index < -0.39 is 6.10 Å². The lowest BCUT2D eigenvalue weighted by atomic mass is 10.1. The van der Waals surface area contributed by atoms with Gasteiger partial charge in [0.2, 0.25) is 5.91 Å². The summed E-state index contributed by atoms with van der Waals surface area (Å²) in [5.74, 6) is -0.0264. The van der Waals surface area contributed by atoms with E-state index in [1.165, 1.54) is 31.5 Å². The lowest BCUT2D eigenvalue weighted by Crippen LogP contribution is -2.40. The molecule has 2 heterocycles. The van der Waals surface area contributed by atoms with Gasteiger partial charge >= 0.3 is 0 Å². The first-order chi connectivity index (χ1) is 10.7. The summed E-state index contributed by atoms with van der Waals surface area (Å²) in [4.78, 5) is 14.5. The maximum absolute atomic E-state index is 12.0. The summed E-state index contributed by atoms with van der Waals surface area (Å²) in [6.45, 7) is 4.43. The van der Waals surface area contributed by atoms with Crippen LogP contribution in [-0.2, 0) is 17.9 Å². The molecule has 2 aliphatic heterocycles. The van der Waals surface area contributed by atoms with Crippen molar-refractivity contribution in [2.24, 2.45) is 0 Å². The molecule has 1 amide bonds. The number of benzene rings is 1. The van der Waals surface area contributed by atoms with Gasteiger partial charge in [-0.1, -0.05) is 24.3 Å². The number of amides is 1. The molecule has 2 aliphatic rings. The van der Waals surface area contributed by atoms with Crippen molar-refractivity contribution in [1.29, 1.82) is 0 Å². The molecule has 0 saturated carbocycles. The number of aliphatic hydroxyl groups is 1. The van der Waals surface area contributed by atoms with Gasteiger partial charge in [-0.05, 0) is 43.5 Å². The SMILES string of the molecule is O=C(NCc1cccc(CN2CCCC2)c1)C1CC(O)CN1. The summed E-state index contributed by atoms with van der Waals surface area (Å²) >= 11 is 0. The van der Waals surface area contributed by atoms with Crippen LogP contribution in [0, 0.1) is 0 Å². The Hall–Kier alpha value is -1.43. The van der Waals surface area contributed by atoms with Gasteiger partial charge in [0.25, 0.3) is 0 Å². The molecule has 3 rings (SSSR count). The van der Waals surface area contributed by atoms with Crippen LogP contribution in [0.25, 0.3) is 0 Å². The summed E-state index contributed by atoms with van der Waals surface area (Å²) in [7, 11) is 0. The highest BCUT2D eigenvalue weighted by molar-refractivity contribution is 5.82. The minimum atomic E-state index is -0.403. The first-order valence-electron chi connectivity index (χ1n) is 8.20. The molecule has 2 unspecified atom stereocenters. The van der Waals surface area contributed by atoms with Crippen molar-refractivity contribution in [2.45, 2.75) is 44.5 Å². The van der Waals surface area contributed by atoms with Gasteiger partial charge in [0.05, 0.1) is 12.1 Å². The summed E-state index contributed by atoms with van der Waals surface area (Å²) in [6, 6.07) is 8.17. The molecular weight excluding hydrogens is 278 g/mol. The second kappa shape index (κ2) is 7.22. The van der Waals surface area contributed by atoms with E-state index in [0.717, 1.165) is 12.1 Å². The quantitative estimate of drug-likeness (QED) is 0.746. The maximum atomic E-state index is 12.0. The van der Waals surface area contributed by atoms with Crippen molar-refractivity contribution < 1.29 is 9.90 Å². The van der Waals surface area contributed by atoms with Crippen LogP contribution < -0.4 is 10.6 Å². The van der Waals surface area contributed by atoms with Crippen LogP contribution in [0.3, 0.4) is 0 Å². The normalized spacial score (nSPS) is 25.5. The first-order valence-corrected chi connectivity index (χ1v) is 8.20. The van der Waals surface area contributed by atoms with E-state index in [-0.39, 0.29) is 11.9 Å². The molecule has 0 aromatic heterocycles. The van der Waals surface area contributed by atoms with Crippen LogP contribution in [0.2, 0.25) is 0 Å². The third kappa shape index (κ3) is 4.06. The van der Waals surface area contributed by atoms with Crippen LogP contribution in [-0.4, -0.2) is 47.7 Å². The molecule has 120 valence electrons. The fourth-order valence-corrected chi connectivity index (χ4v) is 3.27. The molecule has 0 aliphatic carbocycles. The Balaban J connectivity index is 1.50. The van der Waals surface area contributed by atoms with Crippen LogP contribution in [0.15, 0.2) is 24.3 Å². The molecule has 22 heavy (non-hydrogen) atoms. The van der Waals surface area contributed by atoms with Gasteiger partial charge in [0, 0.05) is 19.6 Å². The largest absolute Gasteiger partial charge is 0.392 e. The molecule has 1 aromatic rings. The number of hydrogen-bond donors (Lipinski definition) is 3. The van der Waals surface area contributed by atoms with Crippen molar-refractivity contribution >= 4 is 5.91 Å². The molecule has 0 spiro atoms. The number of likely N-dealkylation sites (tertiary alicyclic amines) is 1. The average molecular weight is 303 g/mol. The third-order valence-electron chi connectivity index (χ3n) is 4.49. The smallest absolute Gasteiger partial charge is 0.237 e. The fourth-order valence-electron chi connectivity index (χ4n) is 3.27. The number of aliphatic hydroxyl groups excluding tert-OH is 1. The summed E-state index contributed by atoms with van der Waals surface area (Å²) in [6.07, 6.45) is 2.70. The van der Waals surface area contributed by atoms with Crippen LogP contribution in [0.4, 0.5) is 0 Å². The van der Waals surface area contributed by atoms with Crippen molar-refractivity contribution in [1.82, 2.24) is 15.5 Å². The standard InChI is InChI=1S/C17H25N3O2/c21-15-9-16(18-11-15)17(22)19-10-13-4-3-5-14(8-13)12-20-6-1-2-7-20/h3-5,8,15-16,18,21H,1-2,6-7,9-12H2,(H,19,22). The zero-order valence-electron chi connectivity index (χ0n) is 12.9. The Labute approximate surface area is 131 Å². The molecular formula is C17H25N3O2. The number of carbonyl (C=O) groups excluding carboxylic acids is 1. The summed E-state index contributed by atoms with van der Waals surface area (Å²) in [5, 5.41) is 15.4. The van der Waals surface area contributed by atoms with Crippen molar-refractivity contribution in [3.63, 3.8) is 0 Å². The minimum Gasteiger partial charge on any atom is -0.392 e. The van der Waals surface area contributed by atoms with Gasteiger partial charge in [0.15, 0.2) is 0 Å². The number of rotatable bonds is 5. The van der Waals surface area contributed by atoms with Gasteiger partial charge in [-0.25, -0.2) is 0 Å². The zero-order chi connectivity index (χ0) is 15.4. The van der Waals surface area contributed by atoms with E-state index in [0.29, 0.717) is 19.5 Å². The Morgan fingerprint density at radius 3 is 2.82 bits per heavy atom. The van der Waals surface area contributed by atoms with E-state index in [2.05, 4.69) is 33.7 Å². The summed E-state index contributed by atoms with van der Waals surface area (Å²) in [5.41, 5.74) is 2.44. The molecule has 0 bridgehead atoms. The van der Waals surface area contributed by atoms with Gasteiger partial charge in [-0.2, -0.15) is 0 Å². The van der Waals surface area contributed by atoms with E-state index in [1.54, 1.807) is 0 Å². The van der Waals surface area contributed by atoms with Gasteiger partial charge in [0.1, 0.15) is 0 Å². The summed E-state index contributed by atoms with van der Waals surface area (Å²) < 4.78 is 0.